The molecule has 0 fully saturated rings. The van der Waals surface area contributed by atoms with Crippen molar-refractivity contribution in [1.29, 1.82) is 0 Å². The Hall–Kier alpha value is -7.54. The number of benzene rings is 9. The number of nitrogens with zero attached hydrogens (tertiary/aromatic N) is 2. The summed E-state index contributed by atoms with van der Waals surface area (Å²) in [6, 6.07) is 85.7. The molecule has 1 aliphatic carbocycles. The third-order valence-electron chi connectivity index (χ3n) is 13.0. The fourth-order valence-electron chi connectivity index (χ4n) is 10.1. The Morgan fingerprint density at radius 1 is 0.333 bits per heavy atom. The second kappa shape index (κ2) is 17.1. The lowest BCUT2D eigenvalue weighted by molar-refractivity contribution is 1.29. The van der Waals surface area contributed by atoms with Crippen molar-refractivity contribution in [2.75, 3.05) is 9.80 Å². The van der Waals surface area contributed by atoms with Crippen LogP contribution in [-0.2, 0) is 6.42 Å². The van der Waals surface area contributed by atoms with Crippen molar-refractivity contribution in [3.05, 3.63) is 259 Å². The van der Waals surface area contributed by atoms with Crippen LogP contribution in [0.1, 0.15) is 10.4 Å². The lowest BCUT2D eigenvalue weighted by atomic mass is 10.1. The van der Waals surface area contributed by atoms with Gasteiger partial charge in [0.1, 0.15) is 0 Å². The first kappa shape index (κ1) is 40.0. The highest BCUT2D eigenvalue weighted by molar-refractivity contribution is 7.26. The quantitative estimate of drug-likeness (QED) is 0.0997. The van der Waals surface area contributed by atoms with Crippen molar-refractivity contribution in [2.45, 2.75) is 6.42 Å². The zero-order chi connectivity index (χ0) is 43.9. The third-order valence-corrected chi connectivity index (χ3v) is 20.1. The van der Waals surface area contributed by atoms with E-state index in [2.05, 4.69) is 265 Å². The first-order valence-corrected chi connectivity index (χ1v) is 26.2. The molecule has 11 aromatic rings. The molecule has 2 aromatic heterocycles. The smallest absolute Gasteiger partial charge is 0.179 e. The summed E-state index contributed by atoms with van der Waals surface area (Å²) in [6.45, 7) is 0. The minimum absolute atomic E-state index is 0.954. The van der Waals surface area contributed by atoms with Gasteiger partial charge in [0.25, 0.3) is 0 Å². The van der Waals surface area contributed by atoms with Crippen LogP contribution in [0, 0.1) is 0 Å². The summed E-state index contributed by atoms with van der Waals surface area (Å²) in [6.07, 6.45) is 9.79. The van der Waals surface area contributed by atoms with Gasteiger partial charge in [-0.15, -0.1) is 22.7 Å². The molecule has 0 spiro atoms. The van der Waals surface area contributed by atoms with Crippen LogP contribution in [0.3, 0.4) is 0 Å². The summed E-state index contributed by atoms with van der Waals surface area (Å²) < 4.78 is 3.90. The van der Waals surface area contributed by atoms with E-state index < -0.39 is 8.07 Å². The second-order valence-electron chi connectivity index (χ2n) is 16.8. The first-order valence-electron chi connectivity index (χ1n) is 22.5. The van der Waals surface area contributed by atoms with Gasteiger partial charge in [-0.3, -0.25) is 0 Å². The van der Waals surface area contributed by atoms with Crippen LogP contribution in [0.2, 0.25) is 0 Å². The van der Waals surface area contributed by atoms with Crippen LogP contribution in [0.15, 0.2) is 249 Å². The van der Waals surface area contributed by atoms with Crippen LogP contribution in [0.4, 0.5) is 34.1 Å². The van der Waals surface area contributed by atoms with Gasteiger partial charge in [0.05, 0.1) is 0 Å². The van der Waals surface area contributed by atoms with Gasteiger partial charge in [-0.05, 0) is 123 Å². The maximum absolute atomic E-state index is 2.96. The van der Waals surface area contributed by atoms with Crippen LogP contribution in [0.25, 0.3) is 36.3 Å². The van der Waals surface area contributed by atoms with Crippen molar-refractivity contribution in [3.63, 3.8) is 0 Å². The molecule has 314 valence electrons. The van der Waals surface area contributed by atoms with Gasteiger partial charge in [-0.25, -0.2) is 0 Å². The molecule has 9 aromatic carbocycles. The van der Waals surface area contributed by atoms with Crippen molar-refractivity contribution in [3.8, 4) is 0 Å². The molecular weight excluding hydrogens is 853 g/mol. The van der Waals surface area contributed by atoms with E-state index in [0.717, 1.165) is 40.5 Å². The molecule has 0 aliphatic heterocycles. The van der Waals surface area contributed by atoms with Gasteiger partial charge in [0, 0.05) is 63.9 Å². The number of hydrogen-bond donors (Lipinski definition) is 0. The standard InChI is InChI=1S/C61H44N2S2Si/c1-6-19-44(20-7-1)62(48-35-39-56-54-29-14-5-15-31-58(54)64-60(56)42-48)46-33-37-52(38-34-46)66(50-24-10-3-11-25-50,51-26-12-4-13-27-51)53-28-18-23-47(41-53)63(45-21-8-2-9-22-45)49-36-40-57-55-30-16-17-32-59(55)65-61(57)43-49/h1-28,30-43H,29H2. The van der Waals surface area contributed by atoms with Crippen LogP contribution < -0.4 is 30.5 Å². The predicted octanol–water partition coefficient (Wildman–Crippen LogP) is 14.7. The van der Waals surface area contributed by atoms with Crippen molar-refractivity contribution in [2.24, 2.45) is 0 Å². The molecule has 5 heteroatoms. The molecule has 2 heterocycles. The van der Waals surface area contributed by atoms with Crippen LogP contribution in [-0.4, -0.2) is 8.07 Å². The van der Waals surface area contributed by atoms with E-state index in [-0.39, 0.29) is 0 Å². The largest absolute Gasteiger partial charge is 0.310 e. The number of fused-ring (bicyclic) bond motifs is 6. The van der Waals surface area contributed by atoms with E-state index in [0.29, 0.717) is 0 Å². The molecule has 0 bridgehead atoms. The molecule has 0 N–H and O–H groups in total. The van der Waals surface area contributed by atoms with Crippen molar-refractivity contribution in [1.82, 2.24) is 0 Å². The summed E-state index contributed by atoms with van der Waals surface area (Å²) >= 11 is 3.75. The number of anilines is 6. The summed E-state index contributed by atoms with van der Waals surface area (Å²) in [4.78, 5) is 6.18. The fraction of sp³-hybridized carbons (Fsp3) is 0.0164. The summed E-state index contributed by atoms with van der Waals surface area (Å²) in [5.41, 5.74) is 8.20. The van der Waals surface area contributed by atoms with Gasteiger partial charge in [-0.2, -0.15) is 0 Å². The number of allylic oxidation sites excluding steroid dienone is 3. The maximum Gasteiger partial charge on any atom is 0.179 e. The monoisotopic (exact) mass is 896 g/mol. The summed E-state index contributed by atoms with van der Waals surface area (Å²) in [5, 5.41) is 9.27. The second-order valence-corrected chi connectivity index (χ2v) is 22.8. The van der Waals surface area contributed by atoms with Gasteiger partial charge < -0.3 is 9.80 Å². The number of rotatable bonds is 10. The Morgan fingerprint density at radius 3 is 1.47 bits per heavy atom. The lowest BCUT2D eigenvalue weighted by Gasteiger charge is -2.36. The van der Waals surface area contributed by atoms with Gasteiger partial charge in [0.15, 0.2) is 8.07 Å². The lowest BCUT2D eigenvalue weighted by Crippen LogP contribution is -2.74. The van der Waals surface area contributed by atoms with Gasteiger partial charge in [0.2, 0.25) is 0 Å². The number of thiophene rings is 2. The van der Waals surface area contributed by atoms with E-state index in [1.165, 1.54) is 61.4 Å². The van der Waals surface area contributed by atoms with E-state index in [9.17, 15) is 0 Å². The Morgan fingerprint density at radius 2 is 0.803 bits per heavy atom. The molecule has 0 saturated heterocycles. The topological polar surface area (TPSA) is 6.48 Å². The zero-order valence-corrected chi connectivity index (χ0v) is 38.8. The van der Waals surface area contributed by atoms with E-state index >= 15 is 0 Å². The van der Waals surface area contributed by atoms with E-state index in [1.807, 2.05) is 22.7 Å². The Balaban J connectivity index is 1.03. The fourth-order valence-corrected chi connectivity index (χ4v) is 17.1. The normalized spacial score (nSPS) is 12.4. The Bertz CT molecular complexity index is 3520. The molecule has 0 unspecified atom stereocenters. The first-order chi connectivity index (χ1) is 32.7. The van der Waals surface area contributed by atoms with Gasteiger partial charge >= 0.3 is 0 Å². The number of hydrogen-bond acceptors (Lipinski definition) is 4. The highest BCUT2D eigenvalue weighted by Crippen LogP contribution is 2.42. The van der Waals surface area contributed by atoms with Crippen LogP contribution >= 0.6 is 22.7 Å². The predicted molar refractivity (Wildman–Crippen MR) is 290 cm³/mol. The maximum atomic E-state index is 2.47. The SMILES string of the molecule is C1=CCc2c(sc3cc(N(c4ccccc4)c4ccc([Si](c5ccccc5)(c5ccccc5)c5cccc(N(c6ccccc6)c6ccc7c(c6)sc6ccccc67)c5)cc4)ccc23)C=C1. The summed E-state index contributed by atoms with van der Waals surface area (Å²) in [7, 11) is -2.96. The van der Waals surface area contributed by atoms with Crippen molar-refractivity contribution < 1.29 is 0 Å². The Labute approximate surface area is 394 Å². The zero-order valence-electron chi connectivity index (χ0n) is 36.2. The minimum atomic E-state index is -2.96. The average Bonchev–Trinajstić information content (AvgIpc) is 3.83. The highest BCUT2D eigenvalue weighted by Gasteiger charge is 2.42. The molecule has 1 aliphatic rings. The molecule has 12 rings (SSSR count). The molecule has 66 heavy (non-hydrogen) atoms. The van der Waals surface area contributed by atoms with Gasteiger partial charge in [-0.1, -0.05) is 170 Å². The van der Waals surface area contributed by atoms with Crippen molar-refractivity contribution >= 4 is 122 Å². The molecular formula is C61H44N2S2Si. The minimum Gasteiger partial charge on any atom is -0.310 e. The molecule has 0 radical (unpaired) electrons. The highest BCUT2D eigenvalue weighted by atomic mass is 32.1. The number of para-hydroxylation sites is 2. The Kier molecular flexibility index (Phi) is 10.4. The average molecular weight is 897 g/mol. The molecule has 2 nitrogen and oxygen atoms in total. The van der Waals surface area contributed by atoms with E-state index in [4.69, 9.17) is 0 Å². The van der Waals surface area contributed by atoms with E-state index in [1.54, 1.807) is 0 Å². The summed E-state index contributed by atoms with van der Waals surface area (Å²) in [5.74, 6) is 0. The molecule has 0 saturated carbocycles. The van der Waals surface area contributed by atoms with Crippen LogP contribution in [0.5, 0.6) is 0 Å². The molecule has 0 amide bonds. The molecule has 0 atom stereocenters. The third kappa shape index (κ3) is 7.00.